The molecule has 4 aromatic rings. The Kier molecular flexibility index (Phi) is 7.02. The molecule has 8 heteroatoms. The van der Waals surface area contributed by atoms with Crippen molar-refractivity contribution in [3.05, 3.63) is 76.7 Å². The van der Waals surface area contributed by atoms with E-state index < -0.39 is 0 Å². The Bertz CT molecular complexity index is 1170. The SMILES string of the molecule is CC(C)c1ccccc1-n1c(SCC(=O)N[C@@H](C)c2cccs2)nnc1-c1cccnc1. The lowest BCUT2D eigenvalue weighted by molar-refractivity contribution is -0.119. The third-order valence-electron chi connectivity index (χ3n) is 5.03. The summed E-state index contributed by atoms with van der Waals surface area (Å²) in [6.45, 7) is 6.33. The predicted octanol–water partition coefficient (Wildman–Crippen LogP) is 5.48. The molecule has 0 aliphatic heterocycles. The predicted molar refractivity (Wildman–Crippen MR) is 130 cm³/mol. The second kappa shape index (κ2) is 10.1. The highest BCUT2D eigenvalue weighted by Crippen LogP contribution is 2.32. The van der Waals surface area contributed by atoms with Gasteiger partial charge in [0.25, 0.3) is 0 Å². The quantitative estimate of drug-likeness (QED) is 0.350. The molecule has 1 N–H and O–H groups in total. The number of pyridine rings is 1. The molecule has 1 amide bonds. The number of hydrogen-bond acceptors (Lipinski definition) is 6. The fourth-order valence-electron chi connectivity index (χ4n) is 3.46. The maximum Gasteiger partial charge on any atom is 0.230 e. The van der Waals surface area contributed by atoms with Crippen LogP contribution in [0.5, 0.6) is 0 Å². The van der Waals surface area contributed by atoms with Gasteiger partial charge in [-0.25, -0.2) is 0 Å². The molecule has 0 aliphatic carbocycles. The number of hydrogen-bond donors (Lipinski definition) is 1. The molecule has 0 spiro atoms. The zero-order chi connectivity index (χ0) is 22.5. The summed E-state index contributed by atoms with van der Waals surface area (Å²) in [5.41, 5.74) is 3.08. The second-order valence-corrected chi connectivity index (χ2v) is 9.61. The minimum absolute atomic E-state index is 0.0198. The first kappa shape index (κ1) is 22.2. The molecule has 1 atom stereocenters. The monoisotopic (exact) mass is 463 g/mol. The van der Waals surface area contributed by atoms with Crippen LogP contribution in [0.25, 0.3) is 17.1 Å². The lowest BCUT2D eigenvalue weighted by Gasteiger charge is -2.17. The summed E-state index contributed by atoms with van der Waals surface area (Å²) in [5.74, 6) is 1.25. The van der Waals surface area contributed by atoms with Crippen molar-refractivity contribution in [3.63, 3.8) is 0 Å². The normalized spacial score (nSPS) is 12.1. The van der Waals surface area contributed by atoms with E-state index in [0.29, 0.717) is 16.9 Å². The summed E-state index contributed by atoms with van der Waals surface area (Å²) < 4.78 is 2.03. The van der Waals surface area contributed by atoms with E-state index in [1.165, 1.54) is 17.3 Å². The molecule has 0 bridgehead atoms. The van der Waals surface area contributed by atoms with E-state index in [2.05, 4.69) is 46.5 Å². The van der Waals surface area contributed by atoms with Gasteiger partial charge in [-0.05, 0) is 48.1 Å². The summed E-state index contributed by atoms with van der Waals surface area (Å²) in [7, 11) is 0. The standard InChI is InChI=1S/C24H25N5OS2/c1-16(2)19-9-4-5-10-20(19)29-23(18-8-6-12-25-14-18)27-28-24(29)32-15-22(30)26-17(3)21-11-7-13-31-21/h4-14,16-17H,15H2,1-3H3,(H,26,30)/t17-/m0/s1. The molecule has 32 heavy (non-hydrogen) atoms. The molecule has 3 aromatic heterocycles. The van der Waals surface area contributed by atoms with Gasteiger partial charge in [0.2, 0.25) is 5.91 Å². The van der Waals surface area contributed by atoms with Gasteiger partial charge in [0.1, 0.15) is 0 Å². The van der Waals surface area contributed by atoms with Gasteiger partial charge in [-0.1, -0.05) is 49.9 Å². The summed E-state index contributed by atoms with van der Waals surface area (Å²) in [4.78, 5) is 18.0. The maximum atomic E-state index is 12.6. The molecule has 1 aromatic carbocycles. The fourth-order valence-corrected chi connectivity index (χ4v) is 4.95. The van der Waals surface area contributed by atoms with Crippen LogP contribution in [0.15, 0.2) is 71.5 Å². The number of nitrogens with one attached hydrogen (secondary N) is 1. The average molecular weight is 464 g/mol. The van der Waals surface area contributed by atoms with Gasteiger partial charge in [-0.2, -0.15) is 0 Å². The van der Waals surface area contributed by atoms with Crippen molar-refractivity contribution in [1.29, 1.82) is 0 Å². The molecule has 3 heterocycles. The van der Waals surface area contributed by atoms with Crippen molar-refractivity contribution < 1.29 is 4.79 Å². The first-order valence-corrected chi connectivity index (χ1v) is 12.3. The molecular weight excluding hydrogens is 438 g/mol. The van der Waals surface area contributed by atoms with Crippen LogP contribution in [0.4, 0.5) is 0 Å². The number of para-hydroxylation sites is 1. The molecule has 0 aliphatic rings. The van der Waals surface area contributed by atoms with Crippen LogP contribution in [0, 0.1) is 0 Å². The number of nitrogens with zero attached hydrogens (tertiary/aromatic N) is 4. The van der Waals surface area contributed by atoms with E-state index >= 15 is 0 Å². The lowest BCUT2D eigenvalue weighted by atomic mass is 10.0. The van der Waals surface area contributed by atoms with E-state index in [4.69, 9.17) is 0 Å². The van der Waals surface area contributed by atoms with Gasteiger partial charge in [0.15, 0.2) is 11.0 Å². The van der Waals surface area contributed by atoms with Crippen LogP contribution >= 0.6 is 23.1 Å². The average Bonchev–Trinajstić information content (AvgIpc) is 3.48. The Hall–Kier alpha value is -2.97. The Balaban J connectivity index is 1.63. The minimum atomic E-state index is -0.0366. The van der Waals surface area contributed by atoms with Crippen LogP contribution in [0.1, 0.15) is 43.2 Å². The number of aromatic nitrogens is 4. The maximum absolute atomic E-state index is 12.6. The van der Waals surface area contributed by atoms with Crippen molar-refractivity contribution >= 4 is 29.0 Å². The zero-order valence-corrected chi connectivity index (χ0v) is 19.9. The highest BCUT2D eigenvalue weighted by atomic mass is 32.2. The smallest absolute Gasteiger partial charge is 0.230 e. The molecule has 164 valence electrons. The number of carbonyl (C=O) groups excluding carboxylic acids is 1. The summed E-state index contributed by atoms with van der Waals surface area (Å²) in [6.07, 6.45) is 3.52. The van der Waals surface area contributed by atoms with Gasteiger partial charge in [0.05, 0.1) is 17.5 Å². The fraction of sp³-hybridized carbons (Fsp3) is 0.250. The van der Waals surface area contributed by atoms with Crippen molar-refractivity contribution in [2.24, 2.45) is 0 Å². The van der Waals surface area contributed by atoms with E-state index in [1.54, 1.807) is 23.7 Å². The first-order valence-electron chi connectivity index (χ1n) is 10.4. The van der Waals surface area contributed by atoms with Crippen molar-refractivity contribution in [2.75, 3.05) is 5.75 Å². The summed E-state index contributed by atoms with van der Waals surface area (Å²) in [5, 5.41) is 14.7. The van der Waals surface area contributed by atoms with Gasteiger partial charge >= 0.3 is 0 Å². The van der Waals surface area contributed by atoms with E-state index in [-0.39, 0.29) is 17.7 Å². The van der Waals surface area contributed by atoms with E-state index in [0.717, 1.165) is 16.1 Å². The molecule has 0 unspecified atom stereocenters. The van der Waals surface area contributed by atoms with Crippen LogP contribution < -0.4 is 5.32 Å². The lowest BCUT2D eigenvalue weighted by Crippen LogP contribution is -2.27. The number of amides is 1. The number of rotatable bonds is 8. The molecule has 0 radical (unpaired) electrons. The highest BCUT2D eigenvalue weighted by Gasteiger charge is 2.20. The molecule has 6 nitrogen and oxygen atoms in total. The van der Waals surface area contributed by atoms with Crippen LogP contribution in [-0.2, 0) is 4.79 Å². The third kappa shape index (κ3) is 4.92. The van der Waals surface area contributed by atoms with Gasteiger partial charge in [0, 0.05) is 22.8 Å². The zero-order valence-electron chi connectivity index (χ0n) is 18.2. The summed E-state index contributed by atoms with van der Waals surface area (Å²) >= 11 is 3.02. The Morgan fingerprint density at radius 2 is 1.94 bits per heavy atom. The molecule has 0 saturated heterocycles. The Labute approximate surface area is 196 Å². The Morgan fingerprint density at radius 1 is 1.09 bits per heavy atom. The number of thioether (sulfide) groups is 1. The third-order valence-corrected chi connectivity index (χ3v) is 7.02. The van der Waals surface area contributed by atoms with Gasteiger partial charge < -0.3 is 5.32 Å². The first-order chi connectivity index (χ1) is 15.5. The van der Waals surface area contributed by atoms with Crippen LogP contribution in [-0.4, -0.2) is 31.4 Å². The minimum Gasteiger partial charge on any atom is -0.348 e. The van der Waals surface area contributed by atoms with Crippen molar-refractivity contribution in [1.82, 2.24) is 25.1 Å². The summed E-state index contributed by atoms with van der Waals surface area (Å²) in [6, 6.07) is 16.1. The molecule has 0 saturated carbocycles. The number of carbonyl (C=O) groups is 1. The van der Waals surface area contributed by atoms with E-state index in [1.807, 2.05) is 53.3 Å². The Morgan fingerprint density at radius 3 is 2.66 bits per heavy atom. The number of thiophene rings is 1. The van der Waals surface area contributed by atoms with Crippen LogP contribution in [0.3, 0.4) is 0 Å². The second-order valence-electron chi connectivity index (χ2n) is 7.69. The van der Waals surface area contributed by atoms with Crippen molar-refractivity contribution in [2.45, 2.75) is 37.9 Å². The largest absolute Gasteiger partial charge is 0.348 e. The topological polar surface area (TPSA) is 72.7 Å². The highest BCUT2D eigenvalue weighted by molar-refractivity contribution is 7.99. The van der Waals surface area contributed by atoms with Gasteiger partial charge in [-0.15, -0.1) is 21.5 Å². The van der Waals surface area contributed by atoms with E-state index in [9.17, 15) is 4.79 Å². The number of benzene rings is 1. The molecule has 0 fully saturated rings. The van der Waals surface area contributed by atoms with Gasteiger partial charge in [-0.3, -0.25) is 14.3 Å². The van der Waals surface area contributed by atoms with Crippen LogP contribution in [0.2, 0.25) is 0 Å². The molecular formula is C24H25N5OS2. The molecule has 4 rings (SSSR count). The van der Waals surface area contributed by atoms with Crippen molar-refractivity contribution in [3.8, 4) is 17.1 Å².